The van der Waals surface area contributed by atoms with E-state index in [4.69, 9.17) is 12.2 Å². The quantitative estimate of drug-likeness (QED) is 0.444. The molecule has 4 nitrogen and oxygen atoms in total. The number of ketones is 1. The van der Waals surface area contributed by atoms with Gasteiger partial charge in [0, 0.05) is 20.2 Å². The summed E-state index contributed by atoms with van der Waals surface area (Å²) in [6.45, 7) is 1.40. The van der Waals surface area contributed by atoms with E-state index in [1.165, 1.54) is 22.8 Å². The summed E-state index contributed by atoms with van der Waals surface area (Å²) < 4.78 is 0. The molecule has 1 heterocycles. The molecule has 0 atom stereocenters. The van der Waals surface area contributed by atoms with Crippen LogP contribution in [0.15, 0.2) is 11.8 Å². The molecule has 0 unspecified atom stereocenters. The normalized spacial score (nSPS) is 20.4. The first kappa shape index (κ1) is 9.85. The first-order chi connectivity index (χ1) is 5.95. The highest BCUT2D eigenvalue weighted by Gasteiger charge is 2.32. The van der Waals surface area contributed by atoms with Crippen molar-refractivity contribution in [3.63, 3.8) is 0 Å². The number of hydrogen-bond donors (Lipinski definition) is 0. The van der Waals surface area contributed by atoms with Crippen LogP contribution in [-0.4, -0.2) is 40.7 Å². The summed E-state index contributed by atoms with van der Waals surface area (Å²) in [5.74, 6) is -0.393. The molecular weight excluding hydrogens is 188 g/mol. The Morgan fingerprint density at radius 3 is 2.23 bits per heavy atom. The van der Waals surface area contributed by atoms with Crippen molar-refractivity contribution in [3.8, 4) is 0 Å². The summed E-state index contributed by atoms with van der Waals surface area (Å²) in [6.07, 6.45) is 1.29. The molecule has 0 radical (unpaired) electrons. The van der Waals surface area contributed by atoms with E-state index in [1.54, 1.807) is 14.1 Å². The monoisotopic (exact) mass is 198 g/mol. The lowest BCUT2D eigenvalue weighted by atomic mass is 10.3. The fourth-order valence-electron chi connectivity index (χ4n) is 1.08. The number of carbonyl (C=O) groups is 2. The molecule has 1 saturated heterocycles. The van der Waals surface area contributed by atoms with Gasteiger partial charge in [-0.25, -0.2) is 0 Å². The van der Waals surface area contributed by atoms with Crippen LogP contribution in [0.25, 0.3) is 0 Å². The number of likely N-dealkylation sites (N-methyl/N-ethyl adjacent to an activating group) is 2. The van der Waals surface area contributed by atoms with Gasteiger partial charge in [-0.15, -0.1) is 0 Å². The predicted molar refractivity (Wildman–Crippen MR) is 51.9 cm³/mol. The Kier molecular flexibility index (Phi) is 2.47. The van der Waals surface area contributed by atoms with Gasteiger partial charge >= 0.3 is 0 Å². The topological polar surface area (TPSA) is 40.6 Å². The van der Waals surface area contributed by atoms with E-state index >= 15 is 0 Å². The molecule has 0 aromatic heterocycles. The van der Waals surface area contributed by atoms with Crippen LogP contribution in [0.2, 0.25) is 0 Å². The Morgan fingerprint density at radius 2 is 1.92 bits per heavy atom. The molecule has 1 rings (SSSR count). The van der Waals surface area contributed by atoms with Crippen LogP contribution in [0.4, 0.5) is 0 Å². The lowest BCUT2D eigenvalue weighted by molar-refractivity contribution is -0.122. The van der Waals surface area contributed by atoms with Gasteiger partial charge in [0.25, 0.3) is 5.91 Å². The van der Waals surface area contributed by atoms with Crippen molar-refractivity contribution < 1.29 is 9.59 Å². The van der Waals surface area contributed by atoms with E-state index in [0.29, 0.717) is 10.8 Å². The van der Waals surface area contributed by atoms with E-state index in [2.05, 4.69) is 0 Å². The van der Waals surface area contributed by atoms with Crippen LogP contribution in [0, 0.1) is 0 Å². The highest BCUT2D eigenvalue weighted by molar-refractivity contribution is 7.80. The highest BCUT2D eigenvalue weighted by atomic mass is 32.1. The summed E-state index contributed by atoms with van der Waals surface area (Å²) >= 11 is 4.95. The molecule has 1 aliphatic heterocycles. The summed E-state index contributed by atoms with van der Waals surface area (Å²) in [5.41, 5.74) is 0.333. The number of nitrogens with zero attached hydrogens (tertiary/aromatic N) is 2. The average Bonchev–Trinajstić information content (AvgIpc) is 2.22. The van der Waals surface area contributed by atoms with Gasteiger partial charge in [0.1, 0.15) is 5.70 Å². The van der Waals surface area contributed by atoms with E-state index in [9.17, 15) is 9.59 Å². The third-order valence-corrected chi connectivity index (χ3v) is 2.35. The summed E-state index contributed by atoms with van der Waals surface area (Å²) in [7, 11) is 3.25. The zero-order chi connectivity index (χ0) is 10.2. The maximum atomic E-state index is 11.4. The molecular formula is C8H10N2O2S. The van der Waals surface area contributed by atoms with Gasteiger partial charge < -0.3 is 4.90 Å². The Balaban J connectivity index is 3.08. The molecule has 0 aliphatic carbocycles. The Morgan fingerprint density at radius 1 is 1.38 bits per heavy atom. The number of thiocarbonyl (C=S) groups is 1. The second kappa shape index (κ2) is 3.26. The number of hydrogen-bond acceptors (Lipinski definition) is 3. The van der Waals surface area contributed by atoms with Crippen molar-refractivity contribution in [1.82, 2.24) is 9.80 Å². The van der Waals surface area contributed by atoms with Gasteiger partial charge in [0.15, 0.2) is 10.9 Å². The molecule has 0 spiro atoms. The van der Waals surface area contributed by atoms with E-state index in [-0.39, 0.29) is 11.7 Å². The number of allylic oxidation sites excluding steroid dienone is 1. The van der Waals surface area contributed by atoms with Gasteiger partial charge in [-0.2, -0.15) is 0 Å². The zero-order valence-electron chi connectivity index (χ0n) is 7.70. The molecule has 0 bridgehead atoms. The van der Waals surface area contributed by atoms with Crippen molar-refractivity contribution in [2.24, 2.45) is 0 Å². The van der Waals surface area contributed by atoms with Crippen molar-refractivity contribution in [1.29, 1.82) is 0 Å². The molecule has 70 valence electrons. The smallest absolute Gasteiger partial charge is 0.276 e. The molecule has 0 aromatic carbocycles. The van der Waals surface area contributed by atoms with Gasteiger partial charge in [0.2, 0.25) is 0 Å². The molecule has 0 N–H and O–H groups in total. The SMILES string of the molecule is CC(=O)/C=C1/C(=O)N(C)C(=S)N1C. The Hall–Kier alpha value is -1.23. The molecule has 0 saturated carbocycles. The second-order valence-electron chi connectivity index (χ2n) is 2.85. The van der Waals surface area contributed by atoms with E-state index < -0.39 is 0 Å². The molecule has 1 aliphatic rings. The molecule has 1 fully saturated rings. The second-order valence-corrected chi connectivity index (χ2v) is 3.21. The van der Waals surface area contributed by atoms with Gasteiger partial charge in [-0.1, -0.05) is 0 Å². The third kappa shape index (κ3) is 1.60. The van der Waals surface area contributed by atoms with Crippen molar-refractivity contribution in [3.05, 3.63) is 11.8 Å². The lowest BCUT2D eigenvalue weighted by Gasteiger charge is -2.10. The number of rotatable bonds is 1. The lowest BCUT2D eigenvalue weighted by Crippen LogP contribution is -2.26. The first-order valence-electron chi connectivity index (χ1n) is 3.73. The molecule has 1 amide bonds. The van der Waals surface area contributed by atoms with E-state index in [1.807, 2.05) is 0 Å². The van der Waals surface area contributed by atoms with Crippen molar-refractivity contribution >= 4 is 29.0 Å². The summed E-state index contributed by atoms with van der Waals surface area (Å²) in [5, 5.41) is 0.414. The highest BCUT2D eigenvalue weighted by Crippen LogP contribution is 2.17. The van der Waals surface area contributed by atoms with Crippen LogP contribution >= 0.6 is 12.2 Å². The Bertz CT molecular complexity index is 322. The van der Waals surface area contributed by atoms with Gasteiger partial charge in [-0.3, -0.25) is 14.5 Å². The maximum absolute atomic E-state index is 11.4. The van der Waals surface area contributed by atoms with E-state index in [0.717, 1.165) is 0 Å². The largest absolute Gasteiger partial charge is 0.317 e. The predicted octanol–water partition coefficient (Wildman–Crippen LogP) is 0.148. The Labute approximate surface area is 81.8 Å². The van der Waals surface area contributed by atoms with Crippen molar-refractivity contribution in [2.75, 3.05) is 14.1 Å². The van der Waals surface area contributed by atoms with Gasteiger partial charge in [-0.05, 0) is 19.1 Å². The third-order valence-electron chi connectivity index (χ3n) is 1.80. The summed E-state index contributed by atoms with van der Waals surface area (Å²) in [4.78, 5) is 25.1. The van der Waals surface area contributed by atoms with Crippen molar-refractivity contribution in [2.45, 2.75) is 6.92 Å². The minimum atomic E-state index is -0.234. The van der Waals surface area contributed by atoms with Crippen LogP contribution in [0.3, 0.4) is 0 Å². The molecule has 13 heavy (non-hydrogen) atoms. The maximum Gasteiger partial charge on any atom is 0.276 e. The summed E-state index contributed by atoms with van der Waals surface area (Å²) in [6, 6.07) is 0. The molecule has 0 aromatic rings. The fourth-order valence-corrected chi connectivity index (χ4v) is 1.26. The minimum Gasteiger partial charge on any atom is -0.317 e. The first-order valence-corrected chi connectivity index (χ1v) is 4.14. The minimum absolute atomic E-state index is 0.159. The van der Waals surface area contributed by atoms with Crippen LogP contribution < -0.4 is 0 Å². The van der Waals surface area contributed by atoms with Crippen LogP contribution in [-0.2, 0) is 9.59 Å². The number of amides is 1. The molecule has 5 heteroatoms. The average molecular weight is 198 g/mol. The van der Waals surface area contributed by atoms with Crippen LogP contribution in [0.5, 0.6) is 0 Å². The standard InChI is InChI=1S/C8H10N2O2S/c1-5(11)4-6-7(12)10(3)8(13)9(6)2/h4H,1-3H3/b6-4-. The fraction of sp³-hybridized carbons (Fsp3) is 0.375. The van der Waals surface area contributed by atoms with Crippen LogP contribution in [0.1, 0.15) is 6.92 Å². The number of carbonyl (C=O) groups excluding carboxylic acids is 2. The zero-order valence-corrected chi connectivity index (χ0v) is 8.51. The van der Waals surface area contributed by atoms with Gasteiger partial charge in [0.05, 0.1) is 0 Å².